The van der Waals surface area contributed by atoms with E-state index in [1.165, 1.54) is 7.11 Å². The van der Waals surface area contributed by atoms with E-state index in [1.54, 1.807) is 7.05 Å². The summed E-state index contributed by atoms with van der Waals surface area (Å²) in [6, 6.07) is 13.7. The number of imidazole rings is 2. The van der Waals surface area contributed by atoms with Crippen molar-refractivity contribution in [2.75, 3.05) is 33.8 Å². The number of aryl methyl sites for hydroxylation is 1. The first kappa shape index (κ1) is 36.1. The molecule has 0 radical (unpaired) electrons. The average molecular weight is 720 g/mol. The summed E-state index contributed by atoms with van der Waals surface area (Å²) in [5.74, 6) is 1.75. The van der Waals surface area contributed by atoms with Crippen LogP contribution in [0.25, 0.3) is 44.3 Å². The van der Waals surface area contributed by atoms with Gasteiger partial charge in [-0.2, -0.15) is 0 Å². The molecule has 2 unspecified atom stereocenters. The topological polar surface area (TPSA) is 170 Å². The van der Waals surface area contributed by atoms with Crippen LogP contribution in [-0.2, 0) is 20.7 Å². The van der Waals surface area contributed by atoms with Crippen LogP contribution in [0.2, 0.25) is 0 Å². The summed E-state index contributed by atoms with van der Waals surface area (Å²) in [4.78, 5) is 61.1. The first-order valence-electron chi connectivity index (χ1n) is 18.9. The number of hydrogen-bond acceptors (Lipinski definition) is 8. The normalized spacial score (nSPS) is 16.9. The van der Waals surface area contributed by atoms with Gasteiger partial charge in [0.1, 0.15) is 17.7 Å². The molecule has 2 atom stereocenters. The lowest BCUT2D eigenvalue weighted by Crippen LogP contribution is -2.52. The van der Waals surface area contributed by atoms with Crippen LogP contribution in [0.15, 0.2) is 54.9 Å². The highest BCUT2D eigenvalue weighted by Gasteiger charge is 2.40. The Bertz CT molecular complexity index is 2070. The Morgan fingerprint density at radius 3 is 2.60 bits per heavy atom. The molecule has 13 nitrogen and oxygen atoms in total. The molecule has 5 N–H and O–H groups in total. The van der Waals surface area contributed by atoms with Gasteiger partial charge in [-0.1, -0.05) is 37.5 Å². The number of H-pyrrole nitrogens is 2. The van der Waals surface area contributed by atoms with E-state index in [9.17, 15) is 14.4 Å². The van der Waals surface area contributed by atoms with E-state index in [0.717, 1.165) is 120 Å². The molecule has 4 heterocycles. The summed E-state index contributed by atoms with van der Waals surface area (Å²) in [7, 11) is 3.10. The number of aromatic amines is 2. The van der Waals surface area contributed by atoms with Gasteiger partial charge in [0.2, 0.25) is 11.8 Å². The van der Waals surface area contributed by atoms with E-state index in [1.807, 2.05) is 29.4 Å². The third-order valence-corrected chi connectivity index (χ3v) is 10.7. The molecule has 0 spiro atoms. The van der Waals surface area contributed by atoms with Crippen LogP contribution in [-0.4, -0.2) is 87.6 Å². The first-order chi connectivity index (χ1) is 25.9. The number of likely N-dealkylation sites (N-methyl/N-ethyl adjacent to an activating group) is 1. The van der Waals surface area contributed by atoms with Gasteiger partial charge < -0.3 is 35.6 Å². The largest absolute Gasteiger partial charge is 0.453 e. The van der Waals surface area contributed by atoms with Crippen LogP contribution in [0.3, 0.4) is 0 Å². The van der Waals surface area contributed by atoms with Crippen molar-refractivity contribution in [2.45, 2.75) is 76.3 Å². The second-order valence-electron chi connectivity index (χ2n) is 14.3. The van der Waals surface area contributed by atoms with Gasteiger partial charge >= 0.3 is 6.09 Å². The average Bonchev–Trinajstić information content (AvgIpc) is 3.96. The summed E-state index contributed by atoms with van der Waals surface area (Å²) < 4.78 is 4.90. The highest BCUT2D eigenvalue weighted by atomic mass is 16.5. The third kappa shape index (κ3) is 8.35. The lowest BCUT2D eigenvalue weighted by atomic mass is 9.83. The van der Waals surface area contributed by atoms with Gasteiger partial charge in [-0.15, -0.1) is 0 Å². The standard InChI is InChI=1S/C40H49N9O4/c1-41-24-36(50)42-17-7-6-12-35-44-23-33(45-35)27-14-13-26-20-31(43-22-29(26)19-27)28-15-16-30-32(21-28)47-38(46-30)34-11-8-18-49(34)39(51)37(48-40(52)53-2)25-9-4-3-5-10-25/h13-16,19-23,25,34,37,41H,3-12,17-18,24H2,1-2H3,(H,42,50)(H,44,45)(H,46,47)(H,48,52). The quantitative estimate of drug-likeness (QED) is 0.0952. The number of carbonyl (C=O) groups is 3. The number of rotatable bonds is 13. The fourth-order valence-electron chi connectivity index (χ4n) is 7.85. The number of hydrogen-bond donors (Lipinski definition) is 5. The minimum absolute atomic E-state index is 0.0107. The van der Waals surface area contributed by atoms with E-state index in [-0.39, 0.29) is 23.8 Å². The Morgan fingerprint density at radius 1 is 0.925 bits per heavy atom. The zero-order valence-corrected chi connectivity index (χ0v) is 30.5. The molecule has 1 aliphatic heterocycles. The van der Waals surface area contributed by atoms with Crippen LogP contribution in [0.1, 0.15) is 75.5 Å². The summed E-state index contributed by atoms with van der Waals surface area (Å²) in [5.41, 5.74) is 5.55. The van der Waals surface area contributed by atoms with Crippen molar-refractivity contribution in [3.63, 3.8) is 0 Å². The van der Waals surface area contributed by atoms with Gasteiger partial charge in [-0.05, 0) is 81.1 Å². The molecule has 3 amide bonds. The van der Waals surface area contributed by atoms with Crippen molar-refractivity contribution >= 4 is 39.7 Å². The smallest absolute Gasteiger partial charge is 0.407 e. The number of likely N-dealkylation sites (tertiary alicyclic amines) is 1. The van der Waals surface area contributed by atoms with Crippen molar-refractivity contribution in [1.82, 2.24) is 45.8 Å². The number of amides is 3. The number of nitrogens with zero attached hydrogens (tertiary/aromatic N) is 4. The summed E-state index contributed by atoms with van der Waals surface area (Å²) in [5, 5.41) is 10.7. The van der Waals surface area contributed by atoms with Gasteiger partial charge in [-0.3, -0.25) is 14.6 Å². The number of fused-ring (bicyclic) bond motifs is 2. The monoisotopic (exact) mass is 719 g/mol. The van der Waals surface area contributed by atoms with Crippen molar-refractivity contribution < 1.29 is 19.1 Å². The Labute approximate surface area is 309 Å². The number of unbranched alkanes of at least 4 members (excludes halogenated alkanes) is 1. The van der Waals surface area contributed by atoms with Crippen LogP contribution < -0.4 is 16.0 Å². The van der Waals surface area contributed by atoms with Gasteiger partial charge in [-0.25, -0.2) is 14.8 Å². The number of aromatic nitrogens is 5. The van der Waals surface area contributed by atoms with Crippen molar-refractivity contribution in [3.8, 4) is 22.5 Å². The molecule has 0 bridgehead atoms. The second kappa shape index (κ2) is 16.6. The molecule has 53 heavy (non-hydrogen) atoms. The lowest BCUT2D eigenvalue weighted by Gasteiger charge is -2.34. The van der Waals surface area contributed by atoms with Gasteiger partial charge in [0.15, 0.2) is 0 Å². The van der Waals surface area contributed by atoms with Gasteiger partial charge in [0.25, 0.3) is 0 Å². The van der Waals surface area contributed by atoms with Crippen molar-refractivity contribution in [2.24, 2.45) is 5.92 Å². The fourth-order valence-corrected chi connectivity index (χ4v) is 7.85. The van der Waals surface area contributed by atoms with Crippen LogP contribution in [0, 0.1) is 5.92 Å². The second-order valence-corrected chi connectivity index (χ2v) is 14.3. The molecule has 5 aromatic rings. The molecule has 2 fully saturated rings. The zero-order valence-electron chi connectivity index (χ0n) is 30.5. The number of methoxy groups -OCH3 is 1. The van der Waals surface area contributed by atoms with E-state index in [0.29, 0.717) is 19.6 Å². The molecule has 3 aromatic heterocycles. The highest BCUT2D eigenvalue weighted by Crippen LogP contribution is 2.36. The molecule has 278 valence electrons. The van der Waals surface area contributed by atoms with E-state index < -0.39 is 12.1 Å². The minimum Gasteiger partial charge on any atom is -0.453 e. The predicted molar refractivity (Wildman–Crippen MR) is 204 cm³/mol. The maximum absolute atomic E-state index is 14.0. The number of benzene rings is 2. The van der Waals surface area contributed by atoms with Crippen LogP contribution in [0.5, 0.6) is 0 Å². The molecule has 7 rings (SSSR count). The molecule has 13 heteroatoms. The van der Waals surface area contributed by atoms with Crippen LogP contribution in [0.4, 0.5) is 4.79 Å². The number of alkyl carbamates (subject to hydrolysis) is 1. The van der Waals surface area contributed by atoms with E-state index >= 15 is 0 Å². The number of nitrogens with one attached hydrogen (secondary N) is 5. The molecule has 2 aromatic carbocycles. The highest BCUT2D eigenvalue weighted by molar-refractivity contribution is 5.90. The van der Waals surface area contributed by atoms with Crippen LogP contribution >= 0.6 is 0 Å². The number of ether oxygens (including phenoxy) is 1. The Morgan fingerprint density at radius 2 is 1.77 bits per heavy atom. The maximum Gasteiger partial charge on any atom is 0.407 e. The molecule has 1 aliphatic carbocycles. The Kier molecular flexibility index (Phi) is 11.3. The molecule has 1 saturated heterocycles. The molecular formula is C40H49N9O4. The first-order valence-corrected chi connectivity index (χ1v) is 18.9. The van der Waals surface area contributed by atoms with Gasteiger partial charge in [0, 0.05) is 42.2 Å². The molecule has 2 aliphatic rings. The number of carbonyl (C=O) groups excluding carboxylic acids is 3. The van der Waals surface area contributed by atoms with Gasteiger partial charge in [0.05, 0.1) is 48.3 Å². The Balaban J connectivity index is 1.03. The summed E-state index contributed by atoms with van der Waals surface area (Å²) in [6.07, 6.45) is 12.7. The fraction of sp³-hybridized carbons (Fsp3) is 0.450. The van der Waals surface area contributed by atoms with Crippen molar-refractivity contribution in [1.29, 1.82) is 0 Å². The zero-order chi connectivity index (χ0) is 36.7. The van der Waals surface area contributed by atoms with E-state index in [4.69, 9.17) is 14.7 Å². The Hall–Kier alpha value is -5.30. The SMILES string of the molecule is CNCC(=O)NCCCCc1ncc(-c2ccc3cc(-c4ccc5nc(C6CCCN6C(=O)C(NC(=O)OC)C6CCCCC6)[nH]c5c4)ncc3c2)[nH]1. The lowest BCUT2D eigenvalue weighted by molar-refractivity contribution is -0.136. The summed E-state index contributed by atoms with van der Waals surface area (Å²) in [6.45, 7) is 1.62. The van der Waals surface area contributed by atoms with E-state index in [2.05, 4.69) is 61.2 Å². The summed E-state index contributed by atoms with van der Waals surface area (Å²) >= 11 is 0. The third-order valence-electron chi connectivity index (χ3n) is 10.7. The van der Waals surface area contributed by atoms with Crippen molar-refractivity contribution in [3.05, 3.63) is 66.5 Å². The minimum atomic E-state index is -0.600. The molecule has 1 saturated carbocycles. The maximum atomic E-state index is 14.0. The predicted octanol–water partition coefficient (Wildman–Crippen LogP) is 5.79. The molecular weight excluding hydrogens is 670 g/mol. The number of pyridine rings is 1.